The van der Waals surface area contributed by atoms with E-state index in [-0.39, 0.29) is 0 Å². The first-order chi connectivity index (χ1) is 9.72. The van der Waals surface area contributed by atoms with Crippen molar-refractivity contribution >= 4 is 13.6 Å². The van der Waals surface area contributed by atoms with E-state index in [1.54, 1.807) is 53.3 Å². The molecule has 0 heterocycles. The third kappa shape index (κ3) is 4.06. The third-order valence-corrected chi connectivity index (χ3v) is 5.38. The van der Waals surface area contributed by atoms with E-state index in [0.717, 1.165) is 5.56 Å². The summed E-state index contributed by atoms with van der Waals surface area (Å²) in [5.74, 6) is -0.0156. The summed E-state index contributed by atoms with van der Waals surface area (Å²) in [6.45, 7) is 3.88. The van der Waals surface area contributed by atoms with Crippen LogP contribution < -0.4 is 4.52 Å². The summed E-state index contributed by atoms with van der Waals surface area (Å²) in [4.78, 5) is 11.8. The first kappa shape index (κ1) is 17.7. The summed E-state index contributed by atoms with van der Waals surface area (Å²) in [5, 5.41) is 0. The van der Waals surface area contributed by atoms with Crippen LogP contribution in [0.2, 0.25) is 0 Å². The Balaban J connectivity index is 3.16. The van der Waals surface area contributed by atoms with Gasteiger partial charge in [-0.15, -0.1) is 0 Å². The summed E-state index contributed by atoms with van der Waals surface area (Å²) in [6, 6.07) is 4.97. The van der Waals surface area contributed by atoms with E-state index in [1.165, 1.54) is 9.34 Å². The molecule has 0 atom stereocenters. The molecule has 0 radical (unpaired) electrons. The van der Waals surface area contributed by atoms with Gasteiger partial charge in [0.05, 0.1) is 12.2 Å². The molecular weight excluding hydrogens is 291 g/mol. The fourth-order valence-electron chi connectivity index (χ4n) is 1.69. The molecule has 0 bridgehead atoms. The van der Waals surface area contributed by atoms with Gasteiger partial charge in [0.2, 0.25) is 0 Å². The van der Waals surface area contributed by atoms with Crippen LogP contribution in [0.15, 0.2) is 18.2 Å². The molecule has 0 unspecified atom stereocenters. The number of nitrogens with zero attached hydrogens (tertiary/aromatic N) is 2. The molecule has 7 heteroatoms. The van der Waals surface area contributed by atoms with Gasteiger partial charge in [0.1, 0.15) is 5.75 Å². The van der Waals surface area contributed by atoms with E-state index in [2.05, 4.69) is 0 Å². The third-order valence-electron chi connectivity index (χ3n) is 2.93. The Labute approximate surface area is 126 Å². The molecule has 0 spiro atoms. The molecule has 21 heavy (non-hydrogen) atoms. The van der Waals surface area contributed by atoms with Crippen LogP contribution in [0.4, 0.5) is 0 Å². The molecule has 118 valence electrons. The molecule has 0 aromatic heterocycles. The van der Waals surface area contributed by atoms with Crippen LogP contribution in [-0.4, -0.2) is 50.1 Å². The largest absolute Gasteiger partial charge is 0.462 e. The second-order valence-corrected chi connectivity index (χ2v) is 7.74. The molecule has 1 aromatic rings. The molecule has 0 aliphatic carbocycles. The number of carbonyl (C=O) groups is 1. The van der Waals surface area contributed by atoms with E-state index in [1.807, 2.05) is 6.92 Å². The molecule has 6 nitrogen and oxygen atoms in total. The van der Waals surface area contributed by atoms with Crippen molar-refractivity contribution in [1.82, 2.24) is 9.34 Å². The van der Waals surface area contributed by atoms with Crippen molar-refractivity contribution in [3.8, 4) is 5.75 Å². The highest BCUT2D eigenvalue weighted by atomic mass is 31.2. The van der Waals surface area contributed by atoms with Gasteiger partial charge in [0, 0.05) is 0 Å². The predicted octanol–water partition coefficient (Wildman–Crippen LogP) is 2.78. The van der Waals surface area contributed by atoms with Gasteiger partial charge >= 0.3 is 13.6 Å². The number of hydrogen-bond donors (Lipinski definition) is 0. The average Bonchev–Trinajstić information content (AvgIpc) is 2.40. The topological polar surface area (TPSA) is 59.1 Å². The maximum atomic E-state index is 12.9. The van der Waals surface area contributed by atoms with Crippen LogP contribution in [0.25, 0.3) is 0 Å². The number of benzene rings is 1. The van der Waals surface area contributed by atoms with Crippen LogP contribution >= 0.6 is 7.67 Å². The summed E-state index contributed by atoms with van der Waals surface area (Å²) >= 11 is 0. The Morgan fingerprint density at radius 3 is 2.24 bits per heavy atom. The summed E-state index contributed by atoms with van der Waals surface area (Å²) in [5.41, 5.74) is 1.17. The van der Waals surface area contributed by atoms with Crippen molar-refractivity contribution in [2.45, 2.75) is 13.8 Å². The van der Waals surface area contributed by atoms with Crippen LogP contribution in [0.5, 0.6) is 5.75 Å². The van der Waals surface area contributed by atoms with Gasteiger partial charge in [-0.05, 0) is 59.7 Å². The van der Waals surface area contributed by atoms with E-state index in [4.69, 9.17) is 9.26 Å². The van der Waals surface area contributed by atoms with Gasteiger partial charge < -0.3 is 9.26 Å². The smallest absolute Gasteiger partial charge is 0.394 e. The normalized spacial score (nSPS) is 11.8. The fourth-order valence-corrected chi connectivity index (χ4v) is 3.18. The Hall–Kier alpha value is -1.36. The minimum atomic E-state index is -3.16. The van der Waals surface area contributed by atoms with Gasteiger partial charge in [-0.3, -0.25) is 0 Å². The lowest BCUT2D eigenvalue weighted by atomic mass is 10.1. The van der Waals surface area contributed by atoms with Gasteiger partial charge in [0.15, 0.2) is 0 Å². The summed E-state index contributed by atoms with van der Waals surface area (Å²) in [7, 11) is 3.58. The van der Waals surface area contributed by atoms with E-state index >= 15 is 0 Å². The van der Waals surface area contributed by atoms with Gasteiger partial charge in [-0.25, -0.2) is 18.7 Å². The van der Waals surface area contributed by atoms with E-state index in [0.29, 0.717) is 17.9 Å². The standard InChI is InChI=1S/C14H23N2O4P/c1-7-19-14(17)12-9-8-11(2)13(10-12)20-21(18,15(3)4)16(5)6/h8-10H,7H2,1-6H3. The highest BCUT2D eigenvalue weighted by molar-refractivity contribution is 7.54. The molecule has 0 saturated carbocycles. The molecule has 1 rings (SSSR count). The zero-order valence-corrected chi connectivity index (χ0v) is 14.3. The Kier molecular flexibility index (Phi) is 5.96. The van der Waals surface area contributed by atoms with Crippen LogP contribution in [-0.2, 0) is 9.30 Å². The van der Waals surface area contributed by atoms with Crippen molar-refractivity contribution < 1.29 is 18.6 Å². The monoisotopic (exact) mass is 314 g/mol. The number of hydrogen-bond acceptors (Lipinski definition) is 4. The minimum absolute atomic E-state index is 0.302. The van der Waals surface area contributed by atoms with E-state index < -0.39 is 13.6 Å². The van der Waals surface area contributed by atoms with Crippen molar-refractivity contribution in [3.05, 3.63) is 29.3 Å². The van der Waals surface area contributed by atoms with Crippen molar-refractivity contribution in [1.29, 1.82) is 0 Å². The number of ether oxygens (including phenoxy) is 1. The van der Waals surface area contributed by atoms with Crippen LogP contribution in [0, 0.1) is 6.92 Å². The number of esters is 1. The average molecular weight is 314 g/mol. The molecule has 0 amide bonds. The predicted molar refractivity (Wildman–Crippen MR) is 82.7 cm³/mol. The zero-order chi connectivity index (χ0) is 16.2. The highest BCUT2D eigenvalue weighted by Gasteiger charge is 2.31. The lowest BCUT2D eigenvalue weighted by molar-refractivity contribution is 0.0526. The molecule has 0 aliphatic rings. The maximum Gasteiger partial charge on any atom is 0.394 e. The quantitative estimate of drug-likeness (QED) is 0.594. The molecule has 0 N–H and O–H groups in total. The van der Waals surface area contributed by atoms with Crippen molar-refractivity contribution in [2.24, 2.45) is 0 Å². The van der Waals surface area contributed by atoms with Gasteiger partial charge in [-0.2, -0.15) is 0 Å². The molecular formula is C14H23N2O4P. The molecule has 0 saturated heterocycles. The van der Waals surface area contributed by atoms with Crippen molar-refractivity contribution in [2.75, 3.05) is 34.8 Å². The lowest BCUT2D eigenvalue weighted by Gasteiger charge is -2.30. The second kappa shape index (κ2) is 7.07. The van der Waals surface area contributed by atoms with Gasteiger partial charge in [0.25, 0.3) is 0 Å². The summed E-state index contributed by atoms with van der Waals surface area (Å²) in [6.07, 6.45) is 0. The first-order valence-electron chi connectivity index (χ1n) is 6.65. The summed E-state index contributed by atoms with van der Waals surface area (Å²) < 4.78 is 26.6. The van der Waals surface area contributed by atoms with Gasteiger partial charge in [-0.1, -0.05) is 6.07 Å². The Morgan fingerprint density at radius 1 is 1.19 bits per heavy atom. The maximum absolute atomic E-state index is 12.9. The molecule has 0 fully saturated rings. The highest BCUT2D eigenvalue weighted by Crippen LogP contribution is 2.51. The Bertz CT molecular complexity index is 546. The SMILES string of the molecule is CCOC(=O)c1ccc(C)c(OP(=O)(N(C)C)N(C)C)c1. The second-order valence-electron chi connectivity index (χ2n) is 4.98. The molecule has 1 aromatic carbocycles. The van der Waals surface area contributed by atoms with Crippen molar-refractivity contribution in [3.63, 3.8) is 0 Å². The Morgan fingerprint density at radius 2 is 1.76 bits per heavy atom. The first-order valence-corrected chi connectivity index (χ1v) is 8.18. The lowest BCUT2D eigenvalue weighted by Crippen LogP contribution is -2.24. The minimum Gasteiger partial charge on any atom is -0.462 e. The molecule has 0 aliphatic heterocycles. The zero-order valence-electron chi connectivity index (χ0n) is 13.4. The van der Waals surface area contributed by atoms with Crippen LogP contribution in [0.3, 0.4) is 0 Å². The number of rotatable bonds is 6. The fraction of sp³-hybridized carbons (Fsp3) is 0.500. The van der Waals surface area contributed by atoms with Crippen LogP contribution in [0.1, 0.15) is 22.8 Å². The number of carbonyl (C=O) groups excluding carboxylic acids is 1. The van der Waals surface area contributed by atoms with E-state index in [9.17, 15) is 9.36 Å². The number of aryl methyl sites for hydroxylation is 1.